The Hall–Kier alpha value is -0.0826. The Balaban J connectivity index is 0.00000200. The minimum atomic E-state index is -0.00593. The van der Waals surface area contributed by atoms with Gasteiger partial charge in [0, 0.05) is 11.3 Å². The number of rotatable bonds is 3. The van der Waals surface area contributed by atoms with Gasteiger partial charge in [-0.1, -0.05) is 41.5 Å². The van der Waals surface area contributed by atoms with Gasteiger partial charge in [0.2, 0.25) is 0 Å². The van der Waals surface area contributed by atoms with Gasteiger partial charge in [-0.2, -0.15) is 0 Å². The third-order valence-corrected chi connectivity index (χ3v) is 5.59. The van der Waals surface area contributed by atoms with Crippen molar-refractivity contribution in [3.63, 3.8) is 0 Å². The molecule has 0 heterocycles. The molecule has 0 saturated heterocycles. The zero-order chi connectivity index (χ0) is 14.5. The van der Waals surface area contributed by atoms with Gasteiger partial charge in [0.05, 0.1) is 6.61 Å². The second kappa shape index (κ2) is 5.60. The molecule has 108 valence electrons. The average molecular weight is 270 g/mol. The van der Waals surface area contributed by atoms with Crippen LogP contribution >= 0.6 is 0 Å². The number of hydrogen-bond acceptors (Lipinski definition) is 2. The van der Waals surface area contributed by atoms with E-state index in [-0.39, 0.29) is 47.3 Å². The minimum absolute atomic E-state index is 0. The van der Waals surface area contributed by atoms with E-state index in [1.807, 2.05) is 0 Å². The number of fused-ring (bicyclic) bond motifs is 2. The van der Waals surface area contributed by atoms with Crippen molar-refractivity contribution in [3.8, 4) is 6.11 Å². The van der Waals surface area contributed by atoms with Crippen molar-refractivity contribution in [2.24, 2.45) is 22.2 Å². The maximum absolute atomic E-state index is 7.16. The summed E-state index contributed by atoms with van der Waals surface area (Å²) < 4.78 is 11.8. The Labute approximate surface area is 136 Å². The first kappa shape index (κ1) is 18.0. The Bertz CT molecular complexity index is 391. The maximum Gasteiger partial charge on any atom is 1.00 e. The SMILES string of the molecule is [C-]#CO[C@@H]1[C@H]2CC[C@@](C)([C@@H]1OCC(C)(C)C)C2(C)C.[Li+]. The van der Waals surface area contributed by atoms with Gasteiger partial charge in [0.25, 0.3) is 0 Å². The fraction of sp³-hybridized carbons (Fsp3) is 0.882. The molecule has 0 amide bonds. The molecule has 2 saturated carbocycles. The largest absolute Gasteiger partial charge is 1.00 e. The predicted molar refractivity (Wildman–Crippen MR) is 75.8 cm³/mol. The molecule has 0 aromatic carbocycles. The van der Waals surface area contributed by atoms with E-state index in [1.165, 1.54) is 12.8 Å². The van der Waals surface area contributed by atoms with Crippen molar-refractivity contribution < 1.29 is 28.3 Å². The van der Waals surface area contributed by atoms with Gasteiger partial charge in [0.1, 0.15) is 12.2 Å². The second-order valence-electron chi connectivity index (χ2n) is 8.26. The Morgan fingerprint density at radius 3 is 2.35 bits per heavy atom. The standard InChI is InChI=1S/C17H27O2.Li/c1-8-18-13-12-9-10-17(7,16(12,5)6)14(13)19-11-15(2,3)4;/h12-14H,9-11H2,2-7H3;/q-1;+1/t12-,13-,14-,17+;/m1./s1. The van der Waals surface area contributed by atoms with Crippen molar-refractivity contribution in [2.45, 2.75) is 66.6 Å². The first-order chi connectivity index (χ1) is 8.63. The van der Waals surface area contributed by atoms with E-state index >= 15 is 0 Å². The van der Waals surface area contributed by atoms with Crippen LogP contribution in [0.3, 0.4) is 0 Å². The summed E-state index contributed by atoms with van der Waals surface area (Å²) in [5.41, 5.74) is 0.503. The molecule has 2 bridgehead atoms. The van der Waals surface area contributed by atoms with Gasteiger partial charge in [-0.3, -0.25) is 0 Å². The van der Waals surface area contributed by atoms with Crippen LogP contribution in [0.5, 0.6) is 0 Å². The number of hydrogen-bond donors (Lipinski definition) is 0. The van der Waals surface area contributed by atoms with E-state index in [0.29, 0.717) is 5.92 Å². The molecule has 0 spiro atoms. The van der Waals surface area contributed by atoms with E-state index in [1.54, 1.807) is 0 Å². The van der Waals surface area contributed by atoms with Crippen molar-refractivity contribution in [3.05, 3.63) is 6.42 Å². The summed E-state index contributed by atoms with van der Waals surface area (Å²) in [7, 11) is 0. The fourth-order valence-electron chi connectivity index (χ4n) is 4.05. The Morgan fingerprint density at radius 1 is 1.25 bits per heavy atom. The van der Waals surface area contributed by atoms with Crippen LogP contribution in [0, 0.1) is 34.7 Å². The molecule has 0 aromatic heterocycles. The average Bonchev–Trinajstić information content (AvgIpc) is 2.56. The predicted octanol–water partition coefficient (Wildman–Crippen LogP) is 0.810. The monoisotopic (exact) mass is 270 g/mol. The van der Waals surface area contributed by atoms with Crippen LogP contribution in [0.1, 0.15) is 54.4 Å². The van der Waals surface area contributed by atoms with Crippen molar-refractivity contribution in [1.82, 2.24) is 0 Å². The summed E-state index contributed by atoms with van der Waals surface area (Å²) in [5, 5.41) is 0. The first-order valence-electron chi connectivity index (χ1n) is 7.32. The molecular formula is C17H27LiO2. The second-order valence-corrected chi connectivity index (χ2v) is 8.26. The molecule has 2 fully saturated rings. The fourth-order valence-corrected chi connectivity index (χ4v) is 4.05. The van der Waals surface area contributed by atoms with E-state index in [2.05, 4.69) is 47.6 Å². The summed E-state index contributed by atoms with van der Waals surface area (Å²) >= 11 is 0. The normalized spacial score (nSPS) is 38.1. The molecule has 0 aliphatic heterocycles. The van der Waals surface area contributed by atoms with Crippen LogP contribution in [0.4, 0.5) is 0 Å². The van der Waals surface area contributed by atoms with Crippen molar-refractivity contribution >= 4 is 0 Å². The molecule has 0 radical (unpaired) electrons. The van der Waals surface area contributed by atoms with E-state index in [0.717, 1.165) is 6.61 Å². The van der Waals surface area contributed by atoms with Crippen LogP contribution < -0.4 is 18.9 Å². The van der Waals surface area contributed by atoms with Gasteiger partial charge in [0.15, 0.2) is 0 Å². The molecule has 2 rings (SSSR count). The first-order valence-corrected chi connectivity index (χ1v) is 7.32. The van der Waals surface area contributed by atoms with Gasteiger partial charge < -0.3 is 15.9 Å². The topological polar surface area (TPSA) is 18.5 Å². The van der Waals surface area contributed by atoms with E-state index < -0.39 is 0 Å². The third-order valence-electron chi connectivity index (χ3n) is 5.59. The number of ether oxygens (including phenoxy) is 2. The van der Waals surface area contributed by atoms with Crippen molar-refractivity contribution in [1.29, 1.82) is 0 Å². The molecule has 0 N–H and O–H groups in total. The summed E-state index contributed by atoms with van der Waals surface area (Å²) in [5.74, 6) is 0.473. The molecule has 2 aliphatic carbocycles. The Morgan fingerprint density at radius 2 is 1.85 bits per heavy atom. The summed E-state index contributed by atoms with van der Waals surface area (Å²) in [6.07, 6.45) is 11.7. The smallest absolute Gasteiger partial charge is 0.648 e. The zero-order valence-electron chi connectivity index (χ0n) is 14.2. The van der Waals surface area contributed by atoms with Gasteiger partial charge >= 0.3 is 18.9 Å². The third kappa shape index (κ3) is 2.66. The van der Waals surface area contributed by atoms with Crippen LogP contribution in [-0.4, -0.2) is 18.8 Å². The molecule has 3 heteroatoms. The van der Waals surface area contributed by atoms with Crippen LogP contribution in [0.15, 0.2) is 0 Å². The van der Waals surface area contributed by atoms with Gasteiger partial charge in [-0.15, -0.1) is 6.11 Å². The van der Waals surface area contributed by atoms with Gasteiger partial charge in [-0.25, -0.2) is 0 Å². The van der Waals surface area contributed by atoms with E-state index in [4.69, 9.17) is 15.9 Å². The summed E-state index contributed by atoms with van der Waals surface area (Å²) in [6, 6.07) is 0. The zero-order valence-corrected chi connectivity index (χ0v) is 14.2. The van der Waals surface area contributed by atoms with Gasteiger partial charge in [-0.05, 0) is 23.7 Å². The quantitative estimate of drug-likeness (QED) is 0.429. The summed E-state index contributed by atoms with van der Waals surface area (Å²) in [4.78, 5) is 0. The molecule has 0 aromatic rings. The molecular weight excluding hydrogens is 243 g/mol. The minimum Gasteiger partial charge on any atom is -0.648 e. The molecule has 2 nitrogen and oxygen atoms in total. The molecule has 20 heavy (non-hydrogen) atoms. The molecule has 2 aliphatic rings. The maximum atomic E-state index is 7.16. The Kier molecular flexibility index (Phi) is 5.04. The molecule has 0 unspecified atom stereocenters. The van der Waals surface area contributed by atoms with Crippen LogP contribution in [0.25, 0.3) is 0 Å². The van der Waals surface area contributed by atoms with Crippen LogP contribution in [-0.2, 0) is 9.47 Å². The van der Waals surface area contributed by atoms with Crippen LogP contribution in [0.2, 0.25) is 0 Å². The van der Waals surface area contributed by atoms with Crippen molar-refractivity contribution in [2.75, 3.05) is 6.61 Å². The van der Waals surface area contributed by atoms with E-state index in [9.17, 15) is 0 Å². The summed E-state index contributed by atoms with van der Waals surface area (Å²) in [6.45, 7) is 14.3. The molecule has 4 atom stereocenters.